The number of carbonyl (C=O) groups excluding carboxylic acids is 1. The van der Waals surface area contributed by atoms with E-state index in [-0.39, 0.29) is 6.42 Å². The number of hydrogen-bond acceptors (Lipinski definition) is 3. The van der Waals surface area contributed by atoms with Gasteiger partial charge in [-0.2, -0.15) is 0 Å². The number of carboxylic acids is 1. The first-order valence-corrected chi connectivity index (χ1v) is 8.72. The van der Waals surface area contributed by atoms with Crippen LogP contribution in [-0.2, 0) is 22.6 Å². The molecule has 0 saturated heterocycles. The van der Waals surface area contributed by atoms with Crippen molar-refractivity contribution in [1.82, 2.24) is 4.57 Å². The maximum atomic E-state index is 11.6. The number of carbonyl (C=O) groups is 2. The van der Waals surface area contributed by atoms with Crippen LogP contribution in [0.15, 0.2) is 42.5 Å². The van der Waals surface area contributed by atoms with Gasteiger partial charge in [0.25, 0.3) is 0 Å². The van der Waals surface area contributed by atoms with Crippen molar-refractivity contribution in [3.63, 3.8) is 0 Å². The summed E-state index contributed by atoms with van der Waals surface area (Å²) in [5.74, 6) is -1.12. The molecule has 1 heterocycles. The molecule has 2 aromatic carbocycles. The Morgan fingerprint density at radius 2 is 1.96 bits per heavy atom. The van der Waals surface area contributed by atoms with Gasteiger partial charge in [0.15, 0.2) is 6.61 Å². The highest BCUT2D eigenvalue weighted by atomic mass is 35.5. The predicted octanol–water partition coefficient (Wildman–Crippen LogP) is 3.14. The van der Waals surface area contributed by atoms with Crippen molar-refractivity contribution >= 4 is 34.4 Å². The van der Waals surface area contributed by atoms with Crippen LogP contribution in [-0.4, -0.2) is 28.2 Å². The second-order valence-corrected chi connectivity index (χ2v) is 6.69. The molecule has 7 heteroatoms. The van der Waals surface area contributed by atoms with Crippen LogP contribution in [0.2, 0.25) is 5.02 Å². The van der Waals surface area contributed by atoms with Crippen LogP contribution in [0.25, 0.3) is 10.9 Å². The zero-order valence-corrected chi connectivity index (χ0v) is 15.5. The first-order chi connectivity index (χ1) is 12.9. The van der Waals surface area contributed by atoms with E-state index >= 15 is 0 Å². The number of hydrogen-bond donors (Lipinski definition) is 2. The van der Waals surface area contributed by atoms with Crippen LogP contribution >= 0.6 is 11.6 Å². The second kappa shape index (κ2) is 7.72. The van der Waals surface area contributed by atoms with E-state index in [0.717, 1.165) is 22.3 Å². The standard InChI is InChI=1S/C20H19ClN2O4/c1-12-15(9-18(22)24)20-16(6-3-7-17(20)27-11-19(25)26)23(12)10-13-4-2-5-14(21)8-13/h2-8H,9-11H2,1H3,(H2,22,24)(H,25,26). The summed E-state index contributed by atoms with van der Waals surface area (Å²) in [6.07, 6.45) is 0.0400. The highest BCUT2D eigenvalue weighted by molar-refractivity contribution is 6.30. The summed E-state index contributed by atoms with van der Waals surface area (Å²) in [7, 11) is 0. The Balaban J connectivity index is 2.15. The number of nitrogens with zero attached hydrogens (tertiary/aromatic N) is 1. The maximum absolute atomic E-state index is 11.6. The SMILES string of the molecule is Cc1c(CC(N)=O)c2c(OCC(=O)O)cccc2n1Cc1cccc(Cl)c1. The zero-order valence-electron chi connectivity index (χ0n) is 14.7. The van der Waals surface area contributed by atoms with Gasteiger partial charge < -0.3 is 20.1 Å². The molecule has 140 valence electrons. The van der Waals surface area contributed by atoms with Gasteiger partial charge in [-0.25, -0.2) is 4.79 Å². The van der Waals surface area contributed by atoms with E-state index in [4.69, 9.17) is 27.2 Å². The molecule has 0 aliphatic rings. The molecule has 0 unspecified atom stereocenters. The first-order valence-electron chi connectivity index (χ1n) is 8.35. The zero-order chi connectivity index (χ0) is 19.6. The number of nitrogens with two attached hydrogens (primary N) is 1. The van der Waals surface area contributed by atoms with Crippen molar-refractivity contribution in [2.24, 2.45) is 5.73 Å². The number of amides is 1. The minimum absolute atomic E-state index is 0.0400. The number of halogens is 1. The lowest BCUT2D eigenvalue weighted by atomic mass is 10.1. The van der Waals surface area contributed by atoms with Crippen LogP contribution in [0.3, 0.4) is 0 Å². The predicted molar refractivity (Wildman–Crippen MR) is 103 cm³/mol. The van der Waals surface area contributed by atoms with Crippen molar-refractivity contribution in [3.05, 3.63) is 64.3 Å². The summed E-state index contributed by atoms with van der Waals surface area (Å²) in [6, 6.07) is 12.9. The average Bonchev–Trinajstić information content (AvgIpc) is 2.86. The molecule has 3 aromatic rings. The fraction of sp³-hybridized carbons (Fsp3) is 0.200. The number of primary amides is 1. The number of carboxylic acid groups (broad SMARTS) is 1. The summed E-state index contributed by atoms with van der Waals surface area (Å²) in [4.78, 5) is 22.5. The first kappa shape index (κ1) is 18.8. The minimum atomic E-state index is -1.07. The molecular weight excluding hydrogens is 368 g/mol. The van der Waals surface area contributed by atoms with Crippen LogP contribution < -0.4 is 10.5 Å². The van der Waals surface area contributed by atoms with E-state index in [9.17, 15) is 9.59 Å². The van der Waals surface area contributed by atoms with Crippen molar-refractivity contribution in [1.29, 1.82) is 0 Å². The topological polar surface area (TPSA) is 94.6 Å². The molecule has 0 aliphatic carbocycles. The van der Waals surface area contributed by atoms with E-state index < -0.39 is 18.5 Å². The van der Waals surface area contributed by atoms with Crippen LogP contribution in [0, 0.1) is 6.92 Å². The molecule has 0 bridgehead atoms. The smallest absolute Gasteiger partial charge is 0.341 e. The molecule has 0 atom stereocenters. The van der Waals surface area contributed by atoms with Crippen molar-refractivity contribution < 1.29 is 19.4 Å². The lowest BCUT2D eigenvalue weighted by Gasteiger charge is -2.10. The largest absolute Gasteiger partial charge is 0.481 e. The average molecular weight is 387 g/mol. The molecule has 0 aliphatic heterocycles. The summed E-state index contributed by atoms with van der Waals surface area (Å²) in [6.45, 7) is 1.99. The summed E-state index contributed by atoms with van der Waals surface area (Å²) in [5.41, 5.74) is 8.89. The Kier molecular flexibility index (Phi) is 5.37. The lowest BCUT2D eigenvalue weighted by Crippen LogP contribution is -2.15. The number of aromatic nitrogens is 1. The van der Waals surface area contributed by atoms with Crippen LogP contribution in [0.1, 0.15) is 16.8 Å². The van der Waals surface area contributed by atoms with Gasteiger partial charge in [0, 0.05) is 22.6 Å². The fourth-order valence-corrected chi connectivity index (χ4v) is 3.46. The Morgan fingerprint density at radius 3 is 2.63 bits per heavy atom. The van der Waals surface area contributed by atoms with Crippen molar-refractivity contribution in [2.45, 2.75) is 19.9 Å². The lowest BCUT2D eigenvalue weighted by molar-refractivity contribution is -0.139. The number of aliphatic carboxylic acids is 1. The molecule has 1 aromatic heterocycles. The minimum Gasteiger partial charge on any atom is -0.481 e. The summed E-state index contributed by atoms with van der Waals surface area (Å²) in [5, 5.41) is 10.3. The number of fused-ring (bicyclic) bond motifs is 1. The molecule has 0 fully saturated rings. The normalized spacial score (nSPS) is 10.9. The van der Waals surface area contributed by atoms with Gasteiger partial charge in [0.05, 0.1) is 11.9 Å². The molecule has 27 heavy (non-hydrogen) atoms. The number of rotatable bonds is 7. The maximum Gasteiger partial charge on any atom is 0.341 e. The Hall–Kier alpha value is -2.99. The van der Waals surface area contributed by atoms with Gasteiger partial charge in [-0.3, -0.25) is 4.79 Å². The molecule has 3 rings (SSSR count). The third kappa shape index (κ3) is 4.06. The number of benzene rings is 2. The molecule has 0 radical (unpaired) electrons. The molecule has 0 spiro atoms. The quantitative estimate of drug-likeness (QED) is 0.652. The fourth-order valence-electron chi connectivity index (χ4n) is 3.24. The second-order valence-electron chi connectivity index (χ2n) is 6.26. The van der Waals surface area contributed by atoms with E-state index in [1.807, 2.05) is 41.8 Å². The highest BCUT2D eigenvalue weighted by Crippen LogP contribution is 2.34. The third-order valence-corrected chi connectivity index (χ3v) is 4.61. The van der Waals surface area contributed by atoms with E-state index in [2.05, 4.69) is 0 Å². The van der Waals surface area contributed by atoms with E-state index in [1.54, 1.807) is 12.1 Å². The van der Waals surface area contributed by atoms with Gasteiger partial charge in [-0.1, -0.05) is 29.8 Å². The van der Waals surface area contributed by atoms with Gasteiger partial charge in [-0.05, 0) is 42.3 Å². The molecule has 3 N–H and O–H groups in total. The molecule has 6 nitrogen and oxygen atoms in total. The third-order valence-electron chi connectivity index (χ3n) is 4.37. The van der Waals surface area contributed by atoms with Crippen LogP contribution in [0.4, 0.5) is 0 Å². The molecule has 0 saturated carbocycles. The number of ether oxygens (including phenoxy) is 1. The van der Waals surface area contributed by atoms with Gasteiger partial charge in [0.2, 0.25) is 5.91 Å². The van der Waals surface area contributed by atoms with Gasteiger partial charge >= 0.3 is 5.97 Å². The van der Waals surface area contributed by atoms with E-state index in [0.29, 0.717) is 22.7 Å². The van der Waals surface area contributed by atoms with Gasteiger partial charge in [0.1, 0.15) is 5.75 Å². The van der Waals surface area contributed by atoms with Crippen molar-refractivity contribution in [2.75, 3.05) is 6.61 Å². The Labute approximate surface area is 161 Å². The summed E-state index contributed by atoms with van der Waals surface area (Å²) >= 11 is 6.09. The Morgan fingerprint density at radius 1 is 1.22 bits per heavy atom. The molecular formula is C20H19ClN2O4. The van der Waals surface area contributed by atoms with Crippen molar-refractivity contribution in [3.8, 4) is 5.75 Å². The Bertz CT molecular complexity index is 1030. The highest BCUT2D eigenvalue weighted by Gasteiger charge is 2.20. The summed E-state index contributed by atoms with van der Waals surface area (Å²) < 4.78 is 7.50. The monoisotopic (exact) mass is 386 g/mol. The van der Waals surface area contributed by atoms with Crippen LogP contribution in [0.5, 0.6) is 5.75 Å². The van der Waals surface area contributed by atoms with Gasteiger partial charge in [-0.15, -0.1) is 0 Å². The molecule has 1 amide bonds. The van der Waals surface area contributed by atoms with E-state index in [1.165, 1.54) is 0 Å².